The van der Waals surface area contributed by atoms with Gasteiger partial charge in [-0.15, -0.1) is 0 Å². The number of aromatic nitrogens is 2. The lowest BCUT2D eigenvalue weighted by molar-refractivity contribution is 0.346. The summed E-state index contributed by atoms with van der Waals surface area (Å²) in [6, 6.07) is 3.35. The van der Waals surface area contributed by atoms with E-state index >= 15 is 0 Å². The van der Waals surface area contributed by atoms with Crippen LogP contribution in [0.4, 0.5) is 0 Å². The molecule has 98 valence electrons. The molecule has 1 aromatic rings. The SMILES string of the molecule is C=CC=CN(C)C(C)c1ccc(=O)n(CCN)n1. The molecule has 0 aromatic carbocycles. The van der Waals surface area contributed by atoms with Gasteiger partial charge in [-0.1, -0.05) is 12.7 Å². The number of nitrogens with zero attached hydrogens (tertiary/aromatic N) is 3. The maximum absolute atomic E-state index is 11.5. The summed E-state index contributed by atoms with van der Waals surface area (Å²) in [5, 5.41) is 4.31. The first kappa shape index (κ1) is 14.2. The summed E-state index contributed by atoms with van der Waals surface area (Å²) in [4.78, 5) is 13.5. The van der Waals surface area contributed by atoms with Crippen molar-refractivity contribution < 1.29 is 0 Å². The van der Waals surface area contributed by atoms with Gasteiger partial charge in [-0.25, -0.2) is 4.68 Å². The minimum Gasteiger partial charge on any atom is -0.372 e. The van der Waals surface area contributed by atoms with Crippen molar-refractivity contribution in [3.63, 3.8) is 0 Å². The number of hydrogen-bond acceptors (Lipinski definition) is 4. The maximum atomic E-state index is 11.5. The van der Waals surface area contributed by atoms with Crippen molar-refractivity contribution in [2.75, 3.05) is 13.6 Å². The fourth-order valence-corrected chi connectivity index (χ4v) is 1.50. The molecule has 0 spiro atoms. The summed E-state index contributed by atoms with van der Waals surface area (Å²) in [7, 11) is 1.95. The lowest BCUT2D eigenvalue weighted by Gasteiger charge is -2.22. The largest absolute Gasteiger partial charge is 0.372 e. The number of nitrogens with two attached hydrogens (primary N) is 1. The molecule has 1 aromatic heterocycles. The zero-order valence-corrected chi connectivity index (χ0v) is 10.9. The van der Waals surface area contributed by atoms with Crippen LogP contribution < -0.4 is 11.3 Å². The highest BCUT2D eigenvalue weighted by Crippen LogP contribution is 2.15. The summed E-state index contributed by atoms with van der Waals surface area (Å²) in [6.45, 7) is 6.48. The highest BCUT2D eigenvalue weighted by Gasteiger charge is 2.11. The summed E-state index contributed by atoms with van der Waals surface area (Å²) in [5.41, 5.74) is 6.16. The first-order chi connectivity index (χ1) is 8.60. The van der Waals surface area contributed by atoms with Crippen LogP contribution >= 0.6 is 0 Å². The Morgan fingerprint density at radius 1 is 1.61 bits per heavy atom. The minimum absolute atomic E-state index is 0.0748. The molecule has 0 aliphatic heterocycles. The normalized spacial score (nSPS) is 12.6. The van der Waals surface area contributed by atoms with Crippen molar-refractivity contribution in [3.05, 3.63) is 53.1 Å². The molecule has 1 unspecified atom stereocenters. The van der Waals surface area contributed by atoms with E-state index in [4.69, 9.17) is 5.73 Å². The van der Waals surface area contributed by atoms with Gasteiger partial charge in [0.05, 0.1) is 18.3 Å². The summed E-state index contributed by atoms with van der Waals surface area (Å²) >= 11 is 0. The van der Waals surface area contributed by atoms with Crippen molar-refractivity contribution in [1.82, 2.24) is 14.7 Å². The first-order valence-corrected chi connectivity index (χ1v) is 5.89. The molecule has 2 N–H and O–H groups in total. The van der Waals surface area contributed by atoms with Crippen LogP contribution in [0.25, 0.3) is 0 Å². The second-order valence-electron chi connectivity index (χ2n) is 4.03. The highest BCUT2D eigenvalue weighted by atomic mass is 16.1. The van der Waals surface area contributed by atoms with Gasteiger partial charge in [-0.3, -0.25) is 4.79 Å². The van der Waals surface area contributed by atoms with E-state index in [9.17, 15) is 4.79 Å². The third kappa shape index (κ3) is 3.56. The summed E-state index contributed by atoms with van der Waals surface area (Å²) in [6.07, 6.45) is 5.48. The van der Waals surface area contributed by atoms with Gasteiger partial charge in [0.25, 0.3) is 5.56 Å². The second-order valence-corrected chi connectivity index (χ2v) is 4.03. The summed E-state index contributed by atoms with van der Waals surface area (Å²) < 4.78 is 1.40. The fourth-order valence-electron chi connectivity index (χ4n) is 1.50. The van der Waals surface area contributed by atoms with Crippen LogP contribution in [0.3, 0.4) is 0 Å². The lowest BCUT2D eigenvalue weighted by atomic mass is 10.2. The maximum Gasteiger partial charge on any atom is 0.266 e. The smallest absolute Gasteiger partial charge is 0.266 e. The molecule has 1 rings (SSSR count). The number of allylic oxidation sites excluding steroid dienone is 2. The van der Waals surface area contributed by atoms with Crippen LogP contribution in [0.15, 0.2) is 41.9 Å². The monoisotopic (exact) mass is 248 g/mol. The van der Waals surface area contributed by atoms with Crippen molar-refractivity contribution >= 4 is 0 Å². The Kier molecular flexibility index (Phi) is 5.32. The van der Waals surface area contributed by atoms with Gasteiger partial charge in [-0.2, -0.15) is 5.10 Å². The quantitative estimate of drug-likeness (QED) is 0.760. The van der Waals surface area contributed by atoms with E-state index in [1.165, 1.54) is 10.7 Å². The minimum atomic E-state index is -0.124. The van der Waals surface area contributed by atoms with Crippen LogP contribution in [-0.2, 0) is 6.54 Å². The fraction of sp³-hybridized carbons (Fsp3) is 0.385. The highest BCUT2D eigenvalue weighted by molar-refractivity contribution is 5.08. The van der Waals surface area contributed by atoms with Crippen LogP contribution in [0, 0.1) is 0 Å². The Labute approximate surface area is 107 Å². The molecule has 0 aliphatic carbocycles. The molecule has 1 heterocycles. The molecule has 0 bridgehead atoms. The van der Waals surface area contributed by atoms with Gasteiger partial charge in [-0.05, 0) is 25.3 Å². The van der Waals surface area contributed by atoms with Crippen molar-refractivity contribution in [1.29, 1.82) is 0 Å². The molecule has 1 atom stereocenters. The van der Waals surface area contributed by atoms with Crippen LogP contribution in [-0.4, -0.2) is 28.3 Å². The zero-order chi connectivity index (χ0) is 13.5. The van der Waals surface area contributed by atoms with E-state index in [-0.39, 0.29) is 11.6 Å². The van der Waals surface area contributed by atoms with E-state index in [0.717, 1.165) is 5.69 Å². The second kappa shape index (κ2) is 6.76. The van der Waals surface area contributed by atoms with Gasteiger partial charge in [0.15, 0.2) is 0 Å². The van der Waals surface area contributed by atoms with Gasteiger partial charge >= 0.3 is 0 Å². The Bertz CT molecular complexity index is 478. The van der Waals surface area contributed by atoms with E-state index in [1.54, 1.807) is 12.1 Å². The van der Waals surface area contributed by atoms with Crippen LogP contribution in [0.2, 0.25) is 0 Å². The molecule has 0 saturated heterocycles. The van der Waals surface area contributed by atoms with Gasteiger partial charge in [0, 0.05) is 19.7 Å². The van der Waals surface area contributed by atoms with Gasteiger partial charge < -0.3 is 10.6 Å². The van der Waals surface area contributed by atoms with E-state index in [0.29, 0.717) is 13.1 Å². The predicted molar refractivity (Wildman–Crippen MR) is 73.1 cm³/mol. The standard InChI is InChI=1S/C13H20N4O/c1-4-5-9-16(3)11(2)12-6-7-13(18)17(15-12)10-8-14/h4-7,9,11H,1,8,10,14H2,2-3H3. The average Bonchev–Trinajstić information content (AvgIpc) is 2.38. The van der Waals surface area contributed by atoms with Gasteiger partial charge in [0.2, 0.25) is 0 Å². The van der Waals surface area contributed by atoms with Crippen LogP contribution in [0.5, 0.6) is 0 Å². The molecule has 0 aliphatic rings. The summed E-state index contributed by atoms with van der Waals surface area (Å²) in [5.74, 6) is 0. The van der Waals surface area contributed by atoms with E-state index < -0.39 is 0 Å². The molecular weight excluding hydrogens is 228 g/mol. The van der Waals surface area contributed by atoms with Crippen molar-refractivity contribution in [2.24, 2.45) is 5.73 Å². The molecule has 0 amide bonds. The number of hydrogen-bond donors (Lipinski definition) is 1. The topological polar surface area (TPSA) is 64.2 Å². The Morgan fingerprint density at radius 3 is 2.94 bits per heavy atom. The molecular formula is C13H20N4O. The third-order valence-electron chi connectivity index (χ3n) is 2.72. The molecule has 0 saturated carbocycles. The van der Waals surface area contributed by atoms with Crippen LogP contribution in [0.1, 0.15) is 18.7 Å². The Hall–Kier alpha value is -1.88. The average molecular weight is 248 g/mol. The van der Waals surface area contributed by atoms with E-state index in [1.807, 2.05) is 31.1 Å². The number of rotatable bonds is 6. The van der Waals surface area contributed by atoms with Gasteiger partial charge in [0.1, 0.15) is 0 Å². The Morgan fingerprint density at radius 2 is 2.33 bits per heavy atom. The lowest BCUT2D eigenvalue weighted by Crippen LogP contribution is -2.28. The third-order valence-corrected chi connectivity index (χ3v) is 2.72. The van der Waals surface area contributed by atoms with E-state index in [2.05, 4.69) is 11.7 Å². The van der Waals surface area contributed by atoms with Crippen molar-refractivity contribution in [3.8, 4) is 0 Å². The molecule has 0 radical (unpaired) electrons. The molecule has 18 heavy (non-hydrogen) atoms. The first-order valence-electron chi connectivity index (χ1n) is 5.89. The zero-order valence-electron chi connectivity index (χ0n) is 10.9. The molecule has 5 heteroatoms. The molecule has 5 nitrogen and oxygen atoms in total. The molecule has 0 fully saturated rings. The Balaban J connectivity index is 2.95. The van der Waals surface area contributed by atoms with Crippen molar-refractivity contribution in [2.45, 2.75) is 19.5 Å². The predicted octanol–water partition coefficient (Wildman–Crippen LogP) is 0.894.